The molecule has 0 heterocycles. The molecule has 0 spiro atoms. The molecule has 1 rings (SSSR count). The summed E-state index contributed by atoms with van der Waals surface area (Å²) >= 11 is 0. The minimum atomic E-state index is 0.894. The predicted molar refractivity (Wildman–Crippen MR) is 60.7 cm³/mol. The molecule has 1 N–H and O–H groups in total. The van der Waals surface area contributed by atoms with Gasteiger partial charge in [0.25, 0.3) is 0 Å². The van der Waals surface area contributed by atoms with Crippen LogP contribution >= 0.6 is 0 Å². The summed E-state index contributed by atoms with van der Waals surface area (Å²) in [4.78, 5) is 0. The van der Waals surface area contributed by atoms with Gasteiger partial charge in [-0.15, -0.1) is 0 Å². The van der Waals surface area contributed by atoms with E-state index in [0.717, 1.165) is 12.3 Å². The van der Waals surface area contributed by atoms with Crippen molar-refractivity contribution in [2.45, 2.75) is 6.92 Å². The Balaban J connectivity index is 2.76. The van der Waals surface area contributed by atoms with Gasteiger partial charge in [0.05, 0.1) is 7.11 Å². The highest BCUT2D eigenvalue weighted by Crippen LogP contribution is 2.18. The molecule has 0 saturated carbocycles. The lowest BCUT2D eigenvalue weighted by atomic mass is 10.1. The van der Waals surface area contributed by atoms with Gasteiger partial charge < -0.3 is 10.1 Å². The number of benzene rings is 1. The van der Waals surface area contributed by atoms with Crippen LogP contribution < -0.4 is 10.1 Å². The number of nitrogens with one attached hydrogen (secondary N) is 1. The van der Waals surface area contributed by atoms with Crippen molar-refractivity contribution in [2.24, 2.45) is 0 Å². The second-order valence-corrected chi connectivity index (χ2v) is 3.19. The minimum absolute atomic E-state index is 0.894. The van der Waals surface area contributed by atoms with Gasteiger partial charge in [0.1, 0.15) is 5.75 Å². The van der Waals surface area contributed by atoms with Gasteiger partial charge in [0.2, 0.25) is 0 Å². The first kappa shape index (κ1) is 10.8. The predicted octanol–water partition coefficient (Wildman–Crippen LogP) is 2.24. The fourth-order valence-corrected chi connectivity index (χ4v) is 1.32. The quantitative estimate of drug-likeness (QED) is 0.788. The molecule has 0 aliphatic rings. The smallest absolute Gasteiger partial charge is 0.121 e. The molecule has 0 aliphatic carbocycles. The molecule has 0 bridgehead atoms. The SMILES string of the molecule is CNCC=Cc1ccc(OC)c(C)c1. The van der Waals surface area contributed by atoms with Gasteiger partial charge in [-0.3, -0.25) is 0 Å². The van der Waals surface area contributed by atoms with Gasteiger partial charge in [-0.05, 0) is 37.2 Å². The van der Waals surface area contributed by atoms with Crippen LogP contribution in [0.25, 0.3) is 6.08 Å². The molecule has 0 atom stereocenters. The van der Waals surface area contributed by atoms with Gasteiger partial charge in [0, 0.05) is 6.54 Å². The van der Waals surface area contributed by atoms with Crippen LogP contribution in [0.2, 0.25) is 0 Å². The summed E-state index contributed by atoms with van der Waals surface area (Å²) in [5, 5.41) is 3.06. The van der Waals surface area contributed by atoms with Crippen molar-refractivity contribution in [2.75, 3.05) is 20.7 Å². The van der Waals surface area contributed by atoms with Crippen molar-refractivity contribution in [3.8, 4) is 5.75 Å². The third kappa shape index (κ3) is 2.89. The maximum absolute atomic E-state index is 5.19. The van der Waals surface area contributed by atoms with Crippen molar-refractivity contribution in [1.29, 1.82) is 0 Å². The fourth-order valence-electron chi connectivity index (χ4n) is 1.32. The van der Waals surface area contributed by atoms with E-state index in [1.807, 2.05) is 20.0 Å². The van der Waals surface area contributed by atoms with Crippen molar-refractivity contribution >= 4 is 6.08 Å². The summed E-state index contributed by atoms with van der Waals surface area (Å²) in [6.45, 7) is 2.94. The molecular weight excluding hydrogens is 174 g/mol. The summed E-state index contributed by atoms with van der Waals surface area (Å²) in [6.07, 6.45) is 4.20. The number of rotatable bonds is 4. The van der Waals surface area contributed by atoms with Crippen LogP contribution in [0.5, 0.6) is 5.75 Å². The Labute approximate surface area is 85.6 Å². The van der Waals surface area contributed by atoms with E-state index in [1.54, 1.807) is 7.11 Å². The highest BCUT2D eigenvalue weighted by Gasteiger charge is 1.96. The lowest BCUT2D eigenvalue weighted by Gasteiger charge is -2.04. The van der Waals surface area contributed by atoms with Crippen molar-refractivity contribution in [1.82, 2.24) is 5.32 Å². The first-order valence-electron chi connectivity index (χ1n) is 4.73. The zero-order valence-corrected chi connectivity index (χ0v) is 9.00. The molecule has 0 aromatic heterocycles. The van der Waals surface area contributed by atoms with E-state index in [-0.39, 0.29) is 0 Å². The van der Waals surface area contributed by atoms with E-state index in [0.29, 0.717) is 0 Å². The summed E-state index contributed by atoms with van der Waals surface area (Å²) in [5.41, 5.74) is 2.37. The zero-order valence-electron chi connectivity index (χ0n) is 9.00. The summed E-state index contributed by atoms with van der Waals surface area (Å²) in [7, 11) is 3.63. The van der Waals surface area contributed by atoms with Crippen LogP contribution in [-0.2, 0) is 0 Å². The Hall–Kier alpha value is -1.28. The molecule has 0 unspecified atom stereocenters. The molecule has 14 heavy (non-hydrogen) atoms. The summed E-state index contributed by atoms with van der Waals surface area (Å²) in [5.74, 6) is 0.941. The monoisotopic (exact) mass is 191 g/mol. The molecule has 1 aromatic rings. The average Bonchev–Trinajstić information content (AvgIpc) is 2.18. The zero-order chi connectivity index (χ0) is 10.4. The van der Waals surface area contributed by atoms with E-state index < -0.39 is 0 Å². The maximum Gasteiger partial charge on any atom is 0.121 e. The van der Waals surface area contributed by atoms with Gasteiger partial charge >= 0.3 is 0 Å². The molecular formula is C12H17NO. The molecule has 0 saturated heterocycles. The number of hydrogen-bond donors (Lipinski definition) is 1. The number of hydrogen-bond acceptors (Lipinski definition) is 2. The minimum Gasteiger partial charge on any atom is -0.496 e. The normalized spacial score (nSPS) is 10.8. The lowest BCUT2D eigenvalue weighted by molar-refractivity contribution is 0.411. The molecule has 0 fully saturated rings. The van der Waals surface area contributed by atoms with Crippen LogP contribution in [-0.4, -0.2) is 20.7 Å². The number of ether oxygens (including phenoxy) is 1. The third-order valence-corrected chi connectivity index (χ3v) is 2.05. The van der Waals surface area contributed by atoms with Crippen molar-refractivity contribution in [3.05, 3.63) is 35.4 Å². The van der Waals surface area contributed by atoms with Gasteiger partial charge in [0.15, 0.2) is 0 Å². The highest BCUT2D eigenvalue weighted by molar-refractivity contribution is 5.53. The van der Waals surface area contributed by atoms with Crippen LogP contribution in [0.15, 0.2) is 24.3 Å². The largest absolute Gasteiger partial charge is 0.496 e. The summed E-state index contributed by atoms with van der Waals surface area (Å²) < 4.78 is 5.19. The molecule has 0 aliphatic heterocycles. The second-order valence-electron chi connectivity index (χ2n) is 3.19. The molecule has 2 heteroatoms. The Bertz CT molecular complexity index is 318. The van der Waals surface area contributed by atoms with E-state index in [9.17, 15) is 0 Å². The summed E-state index contributed by atoms with van der Waals surface area (Å²) in [6, 6.07) is 6.16. The topological polar surface area (TPSA) is 21.3 Å². The highest BCUT2D eigenvalue weighted by atomic mass is 16.5. The van der Waals surface area contributed by atoms with E-state index in [2.05, 4.69) is 29.6 Å². The number of aryl methyl sites for hydroxylation is 1. The van der Waals surface area contributed by atoms with Gasteiger partial charge in [-0.2, -0.15) is 0 Å². The van der Waals surface area contributed by atoms with Gasteiger partial charge in [-0.25, -0.2) is 0 Å². The maximum atomic E-state index is 5.19. The lowest BCUT2D eigenvalue weighted by Crippen LogP contribution is -2.03. The standard InChI is InChI=1S/C12H17NO/c1-10-9-11(5-4-8-13-2)6-7-12(10)14-3/h4-7,9,13H,8H2,1-3H3. The second kappa shape index (κ2) is 5.45. The Morgan fingerprint density at radius 2 is 2.21 bits per heavy atom. The molecule has 1 aromatic carbocycles. The van der Waals surface area contributed by atoms with Crippen molar-refractivity contribution in [3.63, 3.8) is 0 Å². The van der Waals surface area contributed by atoms with E-state index in [4.69, 9.17) is 4.74 Å². The average molecular weight is 191 g/mol. The van der Waals surface area contributed by atoms with Crippen molar-refractivity contribution < 1.29 is 4.74 Å². The van der Waals surface area contributed by atoms with Crippen LogP contribution in [0, 0.1) is 6.92 Å². The van der Waals surface area contributed by atoms with Gasteiger partial charge in [-0.1, -0.05) is 18.2 Å². The Morgan fingerprint density at radius 3 is 2.79 bits per heavy atom. The number of methoxy groups -OCH3 is 1. The Morgan fingerprint density at radius 1 is 1.43 bits per heavy atom. The van der Waals surface area contributed by atoms with Crippen LogP contribution in [0.4, 0.5) is 0 Å². The molecule has 0 radical (unpaired) electrons. The fraction of sp³-hybridized carbons (Fsp3) is 0.333. The Kier molecular flexibility index (Phi) is 4.20. The third-order valence-electron chi connectivity index (χ3n) is 2.05. The van der Waals surface area contributed by atoms with E-state index in [1.165, 1.54) is 11.1 Å². The molecule has 2 nitrogen and oxygen atoms in total. The van der Waals surface area contributed by atoms with E-state index >= 15 is 0 Å². The van der Waals surface area contributed by atoms with Crippen LogP contribution in [0.3, 0.4) is 0 Å². The molecule has 0 amide bonds. The first-order chi connectivity index (χ1) is 6.77. The first-order valence-corrected chi connectivity index (χ1v) is 4.73. The van der Waals surface area contributed by atoms with Crippen LogP contribution in [0.1, 0.15) is 11.1 Å². The number of likely N-dealkylation sites (N-methyl/N-ethyl adjacent to an activating group) is 1. The molecule has 76 valence electrons.